The third-order valence-electron chi connectivity index (χ3n) is 3.20. The molecule has 10 heteroatoms. The maximum absolute atomic E-state index is 12.6. The van der Waals surface area contributed by atoms with E-state index in [4.69, 9.17) is 9.47 Å². The summed E-state index contributed by atoms with van der Waals surface area (Å²) in [7, 11) is 1.27. The van der Waals surface area contributed by atoms with Crippen LogP contribution in [0.4, 0.5) is 24.5 Å². The lowest BCUT2D eigenvalue weighted by Gasteiger charge is -2.12. The van der Waals surface area contributed by atoms with Gasteiger partial charge in [-0.2, -0.15) is 13.2 Å². The summed E-state index contributed by atoms with van der Waals surface area (Å²) in [5.74, 6) is -0.730. The van der Waals surface area contributed by atoms with Crippen molar-refractivity contribution < 1.29 is 32.4 Å². The van der Waals surface area contributed by atoms with Crippen molar-refractivity contribution in [3.05, 3.63) is 58.1 Å². The first-order chi connectivity index (χ1) is 12.2. The number of rotatable bonds is 6. The standard InChI is InChI=1S/C16H13F3N2O5/c1-25-14-8-11(21(23)24)5-6-13(14)20-15(22)9-26-12-4-2-3-10(7-12)16(17,18)19/h2-8H,9H2,1H3,(H,20,22). The fourth-order valence-electron chi connectivity index (χ4n) is 1.99. The lowest BCUT2D eigenvalue weighted by atomic mass is 10.2. The van der Waals surface area contributed by atoms with Crippen LogP contribution in [0.5, 0.6) is 11.5 Å². The van der Waals surface area contributed by atoms with Gasteiger partial charge in [0.05, 0.1) is 29.4 Å². The van der Waals surface area contributed by atoms with Crippen LogP contribution in [0.15, 0.2) is 42.5 Å². The summed E-state index contributed by atoms with van der Waals surface area (Å²) >= 11 is 0. The lowest BCUT2D eigenvalue weighted by molar-refractivity contribution is -0.384. The third-order valence-corrected chi connectivity index (χ3v) is 3.20. The molecule has 138 valence electrons. The number of carbonyl (C=O) groups excluding carboxylic acids is 1. The normalized spacial score (nSPS) is 10.9. The number of anilines is 1. The number of hydrogen-bond acceptors (Lipinski definition) is 5. The van der Waals surface area contributed by atoms with E-state index in [-0.39, 0.29) is 22.9 Å². The van der Waals surface area contributed by atoms with Crippen molar-refractivity contribution in [2.75, 3.05) is 19.0 Å². The smallest absolute Gasteiger partial charge is 0.416 e. The first-order valence-electron chi connectivity index (χ1n) is 7.13. The number of nitrogens with one attached hydrogen (secondary N) is 1. The summed E-state index contributed by atoms with van der Waals surface area (Å²) < 4.78 is 47.9. The zero-order chi connectivity index (χ0) is 19.3. The fourth-order valence-corrected chi connectivity index (χ4v) is 1.99. The molecule has 0 aliphatic heterocycles. The Balaban J connectivity index is 2.02. The van der Waals surface area contributed by atoms with Crippen molar-refractivity contribution in [3.8, 4) is 11.5 Å². The van der Waals surface area contributed by atoms with Crippen LogP contribution >= 0.6 is 0 Å². The molecule has 0 radical (unpaired) electrons. The Morgan fingerprint density at radius 1 is 1.23 bits per heavy atom. The molecule has 0 saturated heterocycles. The number of nitro groups is 1. The van der Waals surface area contributed by atoms with Crippen molar-refractivity contribution in [1.82, 2.24) is 0 Å². The SMILES string of the molecule is COc1cc([N+](=O)[O-])ccc1NC(=O)COc1cccc(C(F)(F)F)c1. The van der Waals surface area contributed by atoms with Gasteiger partial charge in [0.2, 0.25) is 0 Å². The van der Waals surface area contributed by atoms with Crippen molar-refractivity contribution in [1.29, 1.82) is 0 Å². The average Bonchev–Trinajstić information content (AvgIpc) is 2.59. The Morgan fingerprint density at radius 3 is 2.58 bits per heavy atom. The number of amides is 1. The van der Waals surface area contributed by atoms with Crippen molar-refractivity contribution in [3.63, 3.8) is 0 Å². The monoisotopic (exact) mass is 370 g/mol. The number of ether oxygens (including phenoxy) is 2. The van der Waals surface area contributed by atoms with Crippen LogP contribution in [0.3, 0.4) is 0 Å². The maximum Gasteiger partial charge on any atom is 0.416 e. The van der Waals surface area contributed by atoms with Crippen molar-refractivity contribution in [2.45, 2.75) is 6.18 Å². The summed E-state index contributed by atoms with van der Waals surface area (Å²) in [4.78, 5) is 22.0. The van der Waals surface area contributed by atoms with Gasteiger partial charge in [-0.25, -0.2) is 0 Å². The molecule has 0 atom stereocenters. The molecular formula is C16H13F3N2O5. The van der Waals surface area contributed by atoms with E-state index >= 15 is 0 Å². The molecule has 0 aliphatic carbocycles. The summed E-state index contributed by atoms with van der Waals surface area (Å²) in [6, 6.07) is 7.69. The molecule has 0 fully saturated rings. The van der Waals surface area contributed by atoms with Crippen LogP contribution in [0.1, 0.15) is 5.56 Å². The topological polar surface area (TPSA) is 90.7 Å². The molecule has 0 aliphatic rings. The minimum atomic E-state index is -4.52. The number of carbonyl (C=O) groups is 1. The number of methoxy groups -OCH3 is 1. The van der Waals surface area contributed by atoms with E-state index in [1.807, 2.05) is 0 Å². The first-order valence-corrected chi connectivity index (χ1v) is 7.13. The predicted molar refractivity (Wildman–Crippen MR) is 85.2 cm³/mol. The molecule has 0 bridgehead atoms. The molecule has 7 nitrogen and oxygen atoms in total. The summed E-state index contributed by atoms with van der Waals surface area (Å²) in [6.45, 7) is -0.554. The van der Waals surface area contributed by atoms with Crippen molar-refractivity contribution >= 4 is 17.3 Å². The van der Waals surface area contributed by atoms with Gasteiger partial charge < -0.3 is 14.8 Å². The average molecular weight is 370 g/mol. The van der Waals surface area contributed by atoms with Gasteiger partial charge in [0, 0.05) is 6.07 Å². The zero-order valence-electron chi connectivity index (χ0n) is 13.4. The molecule has 2 aromatic carbocycles. The number of halogens is 3. The molecular weight excluding hydrogens is 357 g/mol. The van der Waals surface area contributed by atoms with Gasteiger partial charge in [-0.15, -0.1) is 0 Å². The Bertz CT molecular complexity index is 824. The van der Waals surface area contributed by atoms with E-state index < -0.39 is 29.2 Å². The molecule has 0 spiro atoms. The molecule has 2 rings (SSSR count). The first kappa shape index (κ1) is 19.0. The molecule has 1 N–H and O–H groups in total. The quantitative estimate of drug-likeness (QED) is 0.619. The molecule has 0 aromatic heterocycles. The van der Waals surface area contributed by atoms with E-state index in [2.05, 4.69) is 5.32 Å². The van der Waals surface area contributed by atoms with E-state index in [0.717, 1.165) is 24.3 Å². The van der Waals surface area contributed by atoms with E-state index in [1.165, 1.54) is 25.3 Å². The maximum atomic E-state index is 12.6. The number of nitrogens with zero attached hydrogens (tertiary/aromatic N) is 1. The highest BCUT2D eigenvalue weighted by Crippen LogP contribution is 2.31. The van der Waals surface area contributed by atoms with Crippen molar-refractivity contribution in [2.24, 2.45) is 0 Å². The highest BCUT2D eigenvalue weighted by Gasteiger charge is 2.30. The van der Waals surface area contributed by atoms with Crippen LogP contribution in [-0.2, 0) is 11.0 Å². The molecule has 2 aromatic rings. The zero-order valence-corrected chi connectivity index (χ0v) is 13.4. The highest BCUT2D eigenvalue weighted by molar-refractivity contribution is 5.93. The van der Waals surface area contributed by atoms with Gasteiger partial charge in [-0.3, -0.25) is 14.9 Å². The van der Waals surface area contributed by atoms with Crippen LogP contribution in [-0.4, -0.2) is 24.5 Å². The number of benzene rings is 2. The predicted octanol–water partition coefficient (Wildman–Crippen LogP) is 3.64. The molecule has 1 amide bonds. The van der Waals surface area contributed by atoms with Crippen LogP contribution in [0, 0.1) is 10.1 Å². The van der Waals surface area contributed by atoms with Gasteiger partial charge in [0.1, 0.15) is 11.5 Å². The van der Waals surface area contributed by atoms with Gasteiger partial charge in [-0.05, 0) is 24.3 Å². The summed E-state index contributed by atoms with van der Waals surface area (Å²) in [5.41, 5.74) is -0.955. The molecule has 0 saturated carbocycles. The number of hydrogen-bond donors (Lipinski definition) is 1. The Hall–Kier alpha value is -3.30. The highest BCUT2D eigenvalue weighted by atomic mass is 19.4. The van der Waals surface area contributed by atoms with E-state index in [1.54, 1.807) is 0 Å². The van der Waals surface area contributed by atoms with Gasteiger partial charge >= 0.3 is 6.18 Å². The second-order valence-electron chi connectivity index (χ2n) is 5.00. The Kier molecular flexibility index (Phi) is 5.65. The Morgan fingerprint density at radius 2 is 1.96 bits per heavy atom. The van der Waals surface area contributed by atoms with Crippen LogP contribution in [0.2, 0.25) is 0 Å². The summed E-state index contributed by atoms with van der Waals surface area (Å²) in [6.07, 6.45) is -4.52. The number of alkyl halides is 3. The number of nitro benzene ring substituents is 1. The second kappa shape index (κ2) is 7.72. The minimum absolute atomic E-state index is 0.0617. The third kappa shape index (κ3) is 4.85. The van der Waals surface area contributed by atoms with E-state index in [0.29, 0.717) is 0 Å². The van der Waals surface area contributed by atoms with Gasteiger partial charge in [0.25, 0.3) is 11.6 Å². The number of non-ortho nitro benzene ring substituents is 1. The van der Waals surface area contributed by atoms with Crippen LogP contribution in [0.25, 0.3) is 0 Å². The Labute approximate surface area is 145 Å². The van der Waals surface area contributed by atoms with Gasteiger partial charge in [0.15, 0.2) is 6.61 Å². The van der Waals surface area contributed by atoms with E-state index in [9.17, 15) is 28.1 Å². The summed E-state index contributed by atoms with van der Waals surface area (Å²) in [5, 5.41) is 13.1. The molecule has 0 unspecified atom stereocenters. The lowest BCUT2D eigenvalue weighted by Crippen LogP contribution is -2.20. The fraction of sp³-hybridized carbons (Fsp3) is 0.188. The largest absolute Gasteiger partial charge is 0.494 e. The van der Waals surface area contributed by atoms with Crippen LogP contribution < -0.4 is 14.8 Å². The van der Waals surface area contributed by atoms with Gasteiger partial charge in [-0.1, -0.05) is 6.07 Å². The molecule has 26 heavy (non-hydrogen) atoms. The molecule has 0 heterocycles. The second-order valence-corrected chi connectivity index (χ2v) is 5.00. The minimum Gasteiger partial charge on any atom is -0.494 e.